The number of aryl methyl sites for hydroxylation is 2. The van der Waals surface area contributed by atoms with Crippen LogP contribution in [-0.2, 0) is 58.8 Å². The maximum Gasteiger partial charge on any atom is 0.321 e. The molecule has 0 unspecified atom stereocenters. The zero-order valence-corrected chi connectivity index (χ0v) is 33.3. The Bertz CT molecular complexity index is 2270. The molecule has 0 fully saturated rings. The number of phenolic OH excluding ortho intramolecular Hbond substituents is 1. The fourth-order valence-electron chi connectivity index (χ4n) is 6.52. The summed E-state index contributed by atoms with van der Waals surface area (Å²) in [6.45, 7) is 3.15. The Morgan fingerprint density at radius 2 is 1.05 bits per heavy atom. The number of benzene rings is 4. The van der Waals surface area contributed by atoms with E-state index >= 15 is 0 Å². The van der Waals surface area contributed by atoms with Crippen LogP contribution in [0.4, 0.5) is 0 Å². The smallest absolute Gasteiger partial charge is 0.321 e. The van der Waals surface area contributed by atoms with E-state index in [1.165, 1.54) is 32.2 Å². The summed E-state index contributed by atoms with van der Waals surface area (Å²) < 4.78 is 67.2. The van der Waals surface area contributed by atoms with Crippen molar-refractivity contribution in [3.8, 4) is 29.0 Å². The Balaban J connectivity index is 0.000000194. The highest BCUT2D eigenvalue weighted by Crippen LogP contribution is 2.27. The molecule has 12 nitrogen and oxygen atoms in total. The molecule has 0 saturated carbocycles. The zero-order chi connectivity index (χ0) is 39.5. The predicted molar refractivity (Wildman–Crippen MR) is 215 cm³/mol. The van der Waals surface area contributed by atoms with E-state index < -0.39 is 20.0 Å². The Kier molecular flexibility index (Phi) is 13.6. The summed E-state index contributed by atoms with van der Waals surface area (Å²) in [4.78, 5) is 8.10. The first kappa shape index (κ1) is 40.6. The van der Waals surface area contributed by atoms with Crippen molar-refractivity contribution in [3.63, 3.8) is 0 Å². The third-order valence-electron chi connectivity index (χ3n) is 9.62. The molecule has 14 heteroatoms. The van der Waals surface area contributed by atoms with Gasteiger partial charge in [0.2, 0.25) is 20.0 Å². The van der Waals surface area contributed by atoms with E-state index in [0.717, 1.165) is 59.4 Å². The molecule has 2 aliphatic heterocycles. The van der Waals surface area contributed by atoms with Gasteiger partial charge in [-0.15, -0.1) is 0 Å². The van der Waals surface area contributed by atoms with Crippen molar-refractivity contribution < 1.29 is 36.2 Å². The lowest BCUT2D eigenvalue weighted by Crippen LogP contribution is -2.35. The van der Waals surface area contributed by atoms with Crippen molar-refractivity contribution >= 4 is 20.0 Å². The van der Waals surface area contributed by atoms with E-state index in [2.05, 4.69) is 9.97 Å². The van der Waals surface area contributed by atoms with Crippen LogP contribution in [0, 0.1) is 0 Å². The van der Waals surface area contributed by atoms with Crippen LogP contribution in [0.2, 0.25) is 0 Å². The molecule has 2 aliphatic rings. The van der Waals surface area contributed by atoms with Crippen LogP contribution in [0.5, 0.6) is 29.0 Å². The maximum atomic E-state index is 11.7. The van der Waals surface area contributed by atoms with Crippen molar-refractivity contribution in [1.29, 1.82) is 0 Å². The van der Waals surface area contributed by atoms with Crippen molar-refractivity contribution in [2.75, 3.05) is 38.8 Å². The molecule has 0 aliphatic carbocycles. The highest BCUT2D eigenvalue weighted by atomic mass is 32.2. The number of hydrogen-bond acceptors (Lipinski definition) is 10. The van der Waals surface area contributed by atoms with Crippen LogP contribution < -0.4 is 14.2 Å². The predicted octanol–water partition coefficient (Wildman–Crippen LogP) is 6.32. The monoisotopic (exact) mass is 800 g/mol. The molecular weight excluding hydrogens is 753 g/mol. The Morgan fingerprint density at radius 1 is 0.607 bits per heavy atom. The second kappa shape index (κ2) is 18.7. The first-order chi connectivity index (χ1) is 26.9. The fourth-order valence-corrected chi connectivity index (χ4v) is 8.11. The first-order valence-electron chi connectivity index (χ1n) is 18.6. The Hall–Kier alpha value is -5.02. The van der Waals surface area contributed by atoms with Gasteiger partial charge in [-0.1, -0.05) is 36.4 Å². The first-order valence-corrected chi connectivity index (χ1v) is 22.3. The lowest BCUT2D eigenvalue weighted by atomic mass is 10.0. The average molecular weight is 801 g/mol. The van der Waals surface area contributed by atoms with Gasteiger partial charge < -0.3 is 19.3 Å². The molecule has 0 bridgehead atoms. The molecule has 4 aromatic carbocycles. The van der Waals surface area contributed by atoms with Crippen molar-refractivity contribution in [2.45, 2.75) is 51.6 Å². The number of rotatable bonds is 14. The van der Waals surface area contributed by atoms with Crippen LogP contribution >= 0.6 is 0 Å². The van der Waals surface area contributed by atoms with Gasteiger partial charge in [-0.2, -0.15) is 8.61 Å². The molecule has 7 rings (SSSR count). The summed E-state index contributed by atoms with van der Waals surface area (Å²) in [5, 5.41) is 9.27. The van der Waals surface area contributed by atoms with Gasteiger partial charge in [-0.05, 0) is 127 Å². The molecule has 5 aromatic rings. The second-order valence-electron chi connectivity index (χ2n) is 13.9. The van der Waals surface area contributed by atoms with Crippen molar-refractivity contribution in [3.05, 3.63) is 137 Å². The standard InChI is InChI=1S/C23H25N3O4S.C19H23NO4S/c1-31(27,28)26-14-11-19-16-22(10-7-20(19)17-26)29-15-2-4-18-5-8-21(9-6-18)30-23-24-12-3-13-25-23;1-25(22,23)20-11-10-16-13-19(9-6-17(16)14-20)24-12-2-3-15-4-7-18(21)8-5-15/h3,5-10,12-13,16H,2,4,11,14-15,17H2,1H3;4-9,13,21H,2-3,10-12,14H2,1H3. The van der Waals surface area contributed by atoms with Gasteiger partial charge in [0.25, 0.3) is 0 Å². The van der Waals surface area contributed by atoms with Crippen LogP contribution in [0.15, 0.2) is 103 Å². The van der Waals surface area contributed by atoms with Crippen molar-refractivity contribution in [1.82, 2.24) is 18.6 Å². The van der Waals surface area contributed by atoms with Crippen LogP contribution in [-0.4, -0.2) is 79.3 Å². The molecule has 296 valence electrons. The summed E-state index contributed by atoms with van der Waals surface area (Å²) in [5.41, 5.74) is 6.80. The van der Waals surface area contributed by atoms with E-state index in [9.17, 15) is 21.9 Å². The van der Waals surface area contributed by atoms with Gasteiger partial charge >= 0.3 is 6.01 Å². The van der Waals surface area contributed by atoms with E-state index in [4.69, 9.17) is 14.2 Å². The molecule has 0 saturated heterocycles. The number of phenols is 1. The van der Waals surface area contributed by atoms with Crippen LogP contribution in [0.25, 0.3) is 0 Å². The summed E-state index contributed by atoms with van der Waals surface area (Å²) in [6.07, 6.45) is 10.8. The zero-order valence-electron chi connectivity index (χ0n) is 31.7. The van der Waals surface area contributed by atoms with Crippen LogP contribution in [0.3, 0.4) is 0 Å². The van der Waals surface area contributed by atoms with Crippen LogP contribution in [0.1, 0.15) is 46.2 Å². The second-order valence-corrected chi connectivity index (χ2v) is 17.9. The topological polar surface area (TPSA) is 148 Å². The number of fused-ring (bicyclic) bond motifs is 2. The van der Waals surface area contributed by atoms with Gasteiger partial charge in [0.15, 0.2) is 0 Å². The molecule has 0 radical (unpaired) electrons. The normalized spacial score (nSPS) is 14.5. The van der Waals surface area contributed by atoms with Gasteiger partial charge in [0.1, 0.15) is 23.0 Å². The SMILES string of the molecule is CS(=O)(=O)N1CCc2cc(OCCCc3ccc(O)cc3)ccc2C1.CS(=O)(=O)N1CCc2cc(OCCCc3ccc(Oc4ncccn4)cc3)ccc2C1. The van der Waals surface area contributed by atoms with E-state index in [1.54, 1.807) is 30.6 Å². The lowest BCUT2D eigenvalue weighted by Gasteiger charge is -2.27. The van der Waals surface area contributed by atoms with Gasteiger partial charge in [-0.25, -0.2) is 26.8 Å². The summed E-state index contributed by atoms with van der Waals surface area (Å²) in [7, 11) is -6.29. The summed E-state index contributed by atoms with van der Waals surface area (Å²) in [6, 6.07) is 29.0. The molecule has 3 heterocycles. The summed E-state index contributed by atoms with van der Waals surface area (Å²) in [5.74, 6) is 2.65. The van der Waals surface area contributed by atoms with Gasteiger partial charge in [-0.3, -0.25) is 0 Å². The molecule has 1 N–H and O–H groups in total. The molecule has 0 spiro atoms. The quantitative estimate of drug-likeness (QED) is 0.127. The number of sulfonamides is 2. The van der Waals surface area contributed by atoms with E-state index in [-0.39, 0.29) is 5.75 Å². The van der Waals surface area contributed by atoms with E-state index in [0.29, 0.717) is 64.0 Å². The van der Waals surface area contributed by atoms with Gasteiger partial charge in [0, 0.05) is 38.6 Å². The molecule has 56 heavy (non-hydrogen) atoms. The Morgan fingerprint density at radius 3 is 1.52 bits per heavy atom. The molecule has 0 amide bonds. The highest BCUT2D eigenvalue weighted by molar-refractivity contribution is 7.88. The molecule has 1 aromatic heterocycles. The minimum atomic E-state index is -3.15. The van der Waals surface area contributed by atoms with E-state index in [1.807, 2.05) is 72.8 Å². The minimum absolute atomic E-state index is 0.281. The Labute approximate surface area is 329 Å². The maximum absolute atomic E-state index is 11.7. The average Bonchev–Trinajstić information content (AvgIpc) is 3.19. The van der Waals surface area contributed by atoms with Crippen molar-refractivity contribution in [2.24, 2.45) is 0 Å². The number of aromatic hydroxyl groups is 1. The number of hydrogen-bond donors (Lipinski definition) is 1. The fraction of sp³-hybridized carbons (Fsp3) is 0.333. The molecule has 0 atom stereocenters. The largest absolute Gasteiger partial charge is 0.508 e. The number of aromatic nitrogens is 2. The minimum Gasteiger partial charge on any atom is -0.508 e. The number of nitrogens with zero attached hydrogens (tertiary/aromatic N) is 4. The van der Waals surface area contributed by atoms with Gasteiger partial charge in [0.05, 0.1) is 25.7 Å². The molecular formula is C42H48N4O8S2. The highest BCUT2D eigenvalue weighted by Gasteiger charge is 2.24. The summed E-state index contributed by atoms with van der Waals surface area (Å²) >= 11 is 0. The third kappa shape index (κ3) is 12.0. The lowest BCUT2D eigenvalue weighted by molar-refractivity contribution is 0.309. The number of ether oxygens (including phenoxy) is 3. The third-order valence-corrected chi connectivity index (χ3v) is 12.1.